The van der Waals surface area contributed by atoms with Crippen LogP contribution in [0.5, 0.6) is 0 Å². The summed E-state index contributed by atoms with van der Waals surface area (Å²) < 4.78 is 11.4. The lowest BCUT2D eigenvalue weighted by atomic mass is 9.86. The third-order valence-corrected chi connectivity index (χ3v) is 6.16. The van der Waals surface area contributed by atoms with Crippen LogP contribution in [0.15, 0.2) is 74.5 Å². The minimum absolute atomic E-state index is 0.0121. The van der Waals surface area contributed by atoms with Crippen LogP contribution in [0.3, 0.4) is 0 Å². The Labute approximate surface area is 190 Å². The fraction of sp³-hybridized carbons (Fsp3) is 0.231. The molecule has 1 atom stereocenters. The molecule has 0 saturated heterocycles. The Morgan fingerprint density at radius 3 is 2.44 bits per heavy atom. The van der Waals surface area contributed by atoms with Gasteiger partial charge in [0.2, 0.25) is 5.76 Å². The van der Waals surface area contributed by atoms with E-state index in [4.69, 9.17) is 20.4 Å². The zero-order valence-electron chi connectivity index (χ0n) is 18.0. The number of hydrogen-bond donors (Lipinski definition) is 0. The van der Waals surface area contributed by atoms with Crippen molar-refractivity contribution in [1.82, 2.24) is 4.90 Å². The zero-order valence-corrected chi connectivity index (χ0v) is 18.8. The van der Waals surface area contributed by atoms with Crippen LogP contribution in [0, 0.1) is 0 Å². The number of benzene rings is 2. The Morgan fingerprint density at radius 1 is 1.03 bits per heavy atom. The van der Waals surface area contributed by atoms with Gasteiger partial charge >= 0.3 is 0 Å². The maximum Gasteiger partial charge on any atom is 0.291 e. The van der Waals surface area contributed by atoms with Crippen molar-refractivity contribution in [1.29, 1.82) is 0 Å². The molecule has 32 heavy (non-hydrogen) atoms. The molecular weight excluding hydrogens is 426 g/mol. The number of fused-ring (bicyclic) bond motifs is 2. The molecule has 4 aromatic rings. The van der Waals surface area contributed by atoms with E-state index in [0.717, 1.165) is 5.56 Å². The second-order valence-electron chi connectivity index (χ2n) is 9.10. The van der Waals surface area contributed by atoms with Crippen molar-refractivity contribution >= 4 is 28.5 Å². The average Bonchev–Trinajstić information content (AvgIpc) is 3.36. The standard InChI is InChI=1S/C26H22ClNO4/c1-26(2,3)16-8-6-15(7-9-16)22-21-23(29)19-13-17(27)10-11-20(19)32-24(21)25(30)28(22)14-18-5-4-12-31-18/h4-13,22H,14H2,1-3H3. The van der Waals surface area contributed by atoms with E-state index in [9.17, 15) is 9.59 Å². The molecule has 5 rings (SSSR count). The summed E-state index contributed by atoms with van der Waals surface area (Å²) >= 11 is 6.14. The molecule has 0 spiro atoms. The van der Waals surface area contributed by atoms with E-state index in [2.05, 4.69) is 20.8 Å². The molecule has 6 heteroatoms. The molecule has 1 unspecified atom stereocenters. The van der Waals surface area contributed by atoms with Crippen LogP contribution in [-0.4, -0.2) is 10.8 Å². The molecule has 0 aliphatic carbocycles. The molecule has 0 bridgehead atoms. The second-order valence-corrected chi connectivity index (χ2v) is 9.54. The third-order valence-electron chi connectivity index (χ3n) is 5.93. The van der Waals surface area contributed by atoms with Crippen LogP contribution in [0.2, 0.25) is 5.02 Å². The van der Waals surface area contributed by atoms with E-state index in [1.807, 2.05) is 30.3 Å². The summed E-state index contributed by atoms with van der Waals surface area (Å²) in [6.07, 6.45) is 1.57. The van der Waals surface area contributed by atoms with Gasteiger partial charge in [-0.1, -0.05) is 56.6 Å². The van der Waals surface area contributed by atoms with Gasteiger partial charge in [0.25, 0.3) is 5.91 Å². The van der Waals surface area contributed by atoms with Crippen molar-refractivity contribution in [3.63, 3.8) is 0 Å². The summed E-state index contributed by atoms with van der Waals surface area (Å²) in [5.41, 5.74) is 2.42. The molecule has 5 nitrogen and oxygen atoms in total. The topological polar surface area (TPSA) is 63.7 Å². The Kier molecular flexibility index (Phi) is 4.75. The number of amides is 1. The number of carbonyl (C=O) groups is 1. The van der Waals surface area contributed by atoms with Gasteiger partial charge in [-0.25, -0.2) is 0 Å². The molecule has 2 aromatic heterocycles. The summed E-state index contributed by atoms with van der Waals surface area (Å²) in [6, 6.07) is 15.9. The first-order valence-corrected chi connectivity index (χ1v) is 10.8. The summed E-state index contributed by atoms with van der Waals surface area (Å²) in [4.78, 5) is 28.6. The molecule has 3 heterocycles. The van der Waals surface area contributed by atoms with Gasteiger partial charge in [0.1, 0.15) is 11.3 Å². The Morgan fingerprint density at radius 2 is 1.78 bits per heavy atom. The van der Waals surface area contributed by atoms with Crippen LogP contribution < -0.4 is 5.43 Å². The Bertz CT molecular complexity index is 1380. The minimum Gasteiger partial charge on any atom is -0.467 e. The minimum atomic E-state index is -0.587. The van der Waals surface area contributed by atoms with Crippen molar-refractivity contribution in [3.8, 4) is 0 Å². The van der Waals surface area contributed by atoms with Crippen molar-refractivity contribution in [2.75, 3.05) is 0 Å². The largest absolute Gasteiger partial charge is 0.467 e. The number of nitrogens with zero attached hydrogens (tertiary/aromatic N) is 1. The van der Waals surface area contributed by atoms with Crippen LogP contribution in [0.4, 0.5) is 0 Å². The third kappa shape index (κ3) is 3.33. The zero-order chi connectivity index (χ0) is 22.6. The van der Waals surface area contributed by atoms with Gasteiger partial charge in [-0.2, -0.15) is 0 Å². The molecule has 0 N–H and O–H groups in total. The lowest BCUT2D eigenvalue weighted by molar-refractivity contribution is 0.0701. The quantitative estimate of drug-likeness (QED) is 0.381. The molecule has 1 aliphatic heterocycles. The highest BCUT2D eigenvalue weighted by Crippen LogP contribution is 2.40. The van der Waals surface area contributed by atoms with Gasteiger partial charge in [-0.05, 0) is 46.9 Å². The van der Waals surface area contributed by atoms with E-state index < -0.39 is 6.04 Å². The first-order valence-electron chi connectivity index (χ1n) is 10.4. The number of rotatable bonds is 3. The molecule has 2 aromatic carbocycles. The highest BCUT2D eigenvalue weighted by molar-refractivity contribution is 6.31. The second kappa shape index (κ2) is 7.38. The summed E-state index contributed by atoms with van der Waals surface area (Å²) in [5, 5.41) is 0.799. The number of furan rings is 1. The average molecular weight is 448 g/mol. The summed E-state index contributed by atoms with van der Waals surface area (Å²) in [6.45, 7) is 6.65. The van der Waals surface area contributed by atoms with Crippen LogP contribution in [0.1, 0.15) is 59.8 Å². The van der Waals surface area contributed by atoms with Gasteiger partial charge in [-0.3, -0.25) is 9.59 Å². The molecule has 1 aliphatic rings. The van der Waals surface area contributed by atoms with E-state index in [-0.39, 0.29) is 29.1 Å². The van der Waals surface area contributed by atoms with E-state index in [1.54, 1.807) is 35.4 Å². The van der Waals surface area contributed by atoms with Crippen molar-refractivity contribution in [2.45, 2.75) is 38.8 Å². The number of hydrogen-bond acceptors (Lipinski definition) is 4. The predicted molar refractivity (Wildman–Crippen MR) is 123 cm³/mol. The number of carbonyl (C=O) groups excluding carboxylic acids is 1. The molecular formula is C26H22ClNO4. The molecule has 0 radical (unpaired) electrons. The number of halogens is 1. The predicted octanol–water partition coefficient (Wildman–Crippen LogP) is 6.08. The van der Waals surface area contributed by atoms with Crippen LogP contribution >= 0.6 is 11.6 Å². The molecule has 0 fully saturated rings. The first-order chi connectivity index (χ1) is 15.2. The lowest BCUT2D eigenvalue weighted by Crippen LogP contribution is -2.29. The van der Waals surface area contributed by atoms with Crippen LogP contribution in [-0.2, 0) is 12.0 Å². The Hall–Kier alpha value is -3.31. The fourth-order valence-electron chi connectivity index (χ4n) is 4.24. The monoisotopic (exact) mass is 447 g/mol. The highest BCUT2D eigenvalue weighted by Gasteiger charge is 2.43. The van der Waals surface area contributed by atoms with Gasteiger partial charge in [-0.15, -0.1) is 0 Å². The smallest absolute Gasteiger partial charge is 0.291 e. The van der Waals surface area contributed by atoms with Gasteiger partial charge in [0, 0.05) is 5.02 Å². The first kappa shape index (κ1) is 20.6. The molecule has 1 amide bonds. The molecule has 0 saturated carbocycles. The molecule has 162 valence electrons. The maximum absolute atomic E-state index is 13.6. The van der Waals surface area contributed by atoms with E-state index in [0.29, 0.717) is 27.3 Å². The van der Waals surface area contributed by atoms with Gasteiger partial charge < -0.3 is 13.7 Å². The van der Waals surface area contributed by atoms with E-state index >= 15 is 0 Å². The summed E-state index contributed by atoms with van der Waals surface area (Å²) in [5.74, 6) is 0.360. The normalized spacial score (nSPS) is 16.1. The van der Waals surface area contributed by atoms with Crippen molar-refractivity contribution in [3.05, 3.63) is 104 Å². The maximum atomic E-state index is 13.6. The van der Waals surface area contributed by atoms with Crippen molar-refractivity contribution < 1.29 is 13.6 Å². The summed E-state index contributed by atoms with van der Waals surface area (Å²) in [7, 11) is 0. The van der Waals surface area contributed by atoms with E-state index in [1.165, 1.54) is 5.56 Å². The van der Waals surface area contributed by atoms with Crippen molar-refractivity contribution in [2.24, 2.45) is 0 Å². The fourth-order valence-corrected chi connectivity index (χ4v) is 4.41. The van der Waals surface area contributed by atoms with Crippen LogP contribution in [0.25, 0.3) is 11.0 Å². The SMILES string of the molecule is CC(C)(C)c1ccc(C2c3c(oc4ccc(Cl)cc4c3=O)C(=O)N2Cc2ccco2)cc1. The van der Waals surface area contributed by atoms with Gasteiger partial charge in [0.05, 0.1) is 29.8 Å². The van der Waals surface area contributed by atoms with Gasteiger partial charge in [0.15, 0.2) is 5.43 Å². The highest BCUT2D eigenvalue weighted by atomic mass is 35.5. The lowest BCUT2D eigenvalue weighted by Gasteiger charge is -2.25. The Balaban J connectivity index is 1.71.